The number of carbonyl (C=O) groups is 6. The molecule has 0 aliphatic rings. The Kier molecular flexibility index (Phi) is 12.9. The summed E-state index contributed by atoms with van der Waals surface area (Å²) in [6.07, 6.45) is 0.372. The summed E-state index contributed by atoms with van der Waals surface area (Å²) < 4.78 is 0. The quantitative estimate of drug-likeness (QED) is 0.112. The van der Waals surface area contributed by atoms with Crippen molar-refractivity contribution in [1.29, 1.82) is 0 Å². The second-order valence-electron chi connectivity index (χ2n) is 8.05. The molecule has 0 saturated heterocycles. The van der Waals surface area contributed by atoms with E-state index in [1.807, 2.05) is 6.26 Å². The third kappa shape index (κ3) is 11.6. The van der Waals surface area contributed by atoms with Crippen LogP contribution < -0.4 is 27.4 Å². The topological polar surface area (TPSA) is 251 Å². The van der Waals surface area contributed by atoms with E-state index in [0.29, 0.717) is 17.7 Å². The molecule has 1 aromatic rings. The molecule has 0 aromatic heterocycles. The normalized spacial score (nSPS) is 13.9. The lowest BCUT2D eigenvalue weighted by atomic mass is 10.0. The van der Waals surface area contributed by atoms with Crippen molar-refractivity contribution in [3.05, 3.63) is 29.8 Å². The van der Waals surface area contributed by atoms with Gasteiger partial charge in [-0.15, -0.1) is 0 Å². The van der Waals surface area contributed by atoms with Crippen LogP contribution in [0.4, 0.5) is 0 Å². The molecule has 0 fully saturated rings. The Morgan fingerprint density at radius 3 is 1.92 bits per heavy atom. The van der Waals surface area contributed by atoms with E-state index in [1.165, 1.54) is 36.0 Å². The molecule has 4 amide bonds. The number of aromatic hydroxyl groups is 1. The van der Waals surface area contributed by atoms with Crippen molar-refractivity contribution in [2.45, 2.75) is 49.9 Å². The maximum absolute atomic E-state index is 13.0. The molecule has 204 valence electrons. The molecule has 0 spiro atoms. The lowest BCUT2D eigenvalue weighted by Crippen LogP contribution is -2.58. The number of benzene rings is 1. The minimum Gasteiger partial charge on any atom is -0.508 e. The summed E-state index contributed by atoms with van der Waals surface area (Å²) in [5.74, 6) is -6.24. The lowest BCUT2D eigenvalue weighted by Gasteiger charge is -2.24. The van der Waals surface area contributed by atoms with Crippen LogP contribution >= 0.6 is 11.8 Å². The van der Waals surface area contributed by atoms with Crippen molar-refractivity contribution < 1.29 is 44.1 Å². The van der Waals surface area contributed by atoms with E-state index in [1.54, 1.807) is 0 Å². The van der Waals surface area contributed by atoms with Gasteiger partial charge in [-0.1, -0.05) is 12.1 Å². The average Bonchev–Trinajstić information content (AvgIpc) is 2.81. The van der Waals surface area contributed by atoms with Crippen molar-refractivity contribution in [1.82, 2.24) is 16.0 Å². The van der Waals surface area contributed by atoms with E-state index < -0.39 is 72.6 Å². The number of primary amides is 1. The zero-order valence-corrected chi connectivity index (χ0v) is 20.8. The van der Waals surface area contributed by atoms with Crippen molar-refractivity contribution in [3.63, 3.8) is 0 Å². The molecule has 15 heteroatoms. The highest BCUT2D eigenvalue weighted by Gasteiger charge is 2.32. The number of amides is 4. The van der Waals surface area contributed by atoms with Gasteiger partial charge in [0.25, 0.3) is 0 Å². The van der Waals surface area contributed by atoms with Gasteiger partial charge in [0.1, 0.15) is 23.9 Å². The third-order valence-electron chi connectivity index (χ3n) is 5.01. The maximum Gasteiger partial charge on any atom is 0.326 e. The smallest absolute Gasteiger partial charge is 0.326 e. The molecule has 1 rings (SSSR count). The van der Waals surface area contributed by atoms with Gasteiger partial charge in [-0.05, 0) is 36.1 Å². The summed E-state index contributed by atoms with van der Waals surface area (Å²) in [6.45, 7) is 0. The third-order valence-corrected chi connectivity index (χ3v) is 5.65. The van der Waals surface area contributed by atoms with Crippen LogP contribution in [0.2, 0.25) is 0 Å². The number of aliphatic carboxylic acids is 2. The van der Waals surface area contributed by atoms with Gasteiger partial charge in [-0.3, -0.25) is 24.0 Å². The van der Waals surface area contributed by atoms with E-state index in [9.17, 15) is 39.0 Å². The summed E-state index contributed by atoms with van der Waals surface area (Å²) in [5.41, 5.74) is 11.5. The predicted molar refractivity (Wildman–Crippen MR) is 132 cm³/mol. The molecule has 37 heavy (non-hydrogen) atoms. The largest absolute Gasteiger partial charge is 0.508 e. The van der Waals surface area contributed by atoms with E-state index in [-0.39, 0.29) is 12.2 Å². The number of carbonyl (C=O) groups excluding carboxylic acids is 4. The number of carboxylic acids is 2. The SMILES string of the molecule is CSCCC(N)C(=O)NC(CC(N)=O)C(=O)NC(Cc1ccc(O)cc1)C(=O)NC(CC(=O)O)C(=O)O. The minimum atomic E-state index is -1.79. The van der Waals surface area contributed by atoms with Crippen molar-refractivity contribution in [2.24, 2.45) is 11.5 Å². The molecular weight excluding hydrogens is 510 g/mol. The molecule has 0 bridgehead atoms. The molecule has 0 aliphatic carbocycles. The summed E-state index contributed by atoms with van der Waals surface area (Å²) in [7, 11) is 0. The van der Waals surface area contributed by atoms with Gasteiger partial charge in [0.15, 0.2) is 0 Å². The van der Waals surface area contributed by atoms with Crippen LogP contribution in [0.3, 0.4) is 0 Å². The Morgan fingerprint density at radius 2 is 1.41 bits per heavy atom. The number of nitrogens with one attached hydrogen (secondary N) is 3. The second-order valence-corrected chi connectivity index (χ2v) is 9.03. The Bertz CT molecular complexity index is 989. The first-order chi connectivity index (χ1) is 17.3. The first kappa shape index (κ1) is 31.2. The molecular formula is C22H31N5O9S. The van der Waals surface area contributed by atoms with Crippen molar-refractivity contribution >= 4 is 47.3 Å². The Morgan fingerprint density at radius 1 is 0.865 bits per heavy atom. The molecule has 4 unspecified atom stereocenters. The molecule has 0 radical (unpaired) electrons. The summed E-state index contributed by atoms with van der Waals surface area (Å²) in [6, 6.07) is -0.174. The van der Waals surface area contributed by atoms with Crippen LogP contribution in [0.25, 0.3) is 0 Å². The van der Waals surface area contributed by atoms with Crippen LogP contribution in [0.15, 0.2) is 24.3 Å². The zero-order valence-electron chi connectivity index (χ0n) is 20.0. The van der Waals surface area contributed by atoms with E-state index in [4.69, 9.17) is 16.6 Å². The van der Waals surface area contributed by atoms with Crippen LogP contribution in [-0.2, 0) is 35.2 Å². The van der Waals surface area contributed by atoms with Crippen molar-refractivity contribution in [3.8, 4) is 5.75 Å². The molecule has 0 aliphatic heterocycles. The van der Waals surface area contributed by atoms with E-state index in [0.717, 1.165) is 0 Å². The van der Waals surface area contributed by atoms with Gasteiger partial charge in [0.05, 0.1) is 18.9 Å². The summed E-state index contributed by atoms with van der Waals surface area (Å²) >= 11 is 1.45. The molecule has 0 heterocycles. The number of phenols is 1. The van der Waals surface area contributed by atoms with Gasteiger partial charge in [-0.25, -0.2) is 4.79 Å². The predicted octanol–water partition coefficient (Wildman–Crippen LogP) is -2.10. The second kappa shape index (κ2) is 15.3. The molecule has 0 saturated carbocycles. The number of nitrogens with two attached hydrogens (primary N) is 2. The van der Waals surface area contributed by atoms with Gasteiger partial charge in [0, 0.05) is 6.42 Å². The first-order valence-corrected chi connectivity index (χ1v) is 12.4. The van der Waals surface area contributed by atoms with Crippen LogP contribution in [0.1, 0.15) is 24.8 Å². The molecule has 1 aromatic carbocycles. The number of carboxylic acid groups (broad SMARTS) is 2. The standard InChI is InChI=1S/C22H31N5O9S/c1-37-7-6-13(23)19(32)25-15(9-17(24)29)21(34)26-14(8-11-2-4-12(28)5-3-11)20(33)27-16(22(35)36)10-18(30)31/h2-5,13-16,28H,6-10,23H2,1H3,(H2,24,29)(H,25,32)(H,26,34)(H,27,33)(H,30,31)(H,35,36). The average molecular weight is 542 g/mol. The number of thioether (sulfide) groups is 1. The number of rotatable bonds is 16. The summed E-state index contributed by atoms with van der Waals surface area (Å²) in [4.78, 5) is 72.2. The molecule has 4 atom stereocenters. The number of hydrogen-bond donors (Lipinski definition) is 8. The van der Waals surface area contributed by atoms with E-state index in [2.05, 4.69) is 16.0 Å². The van der Waals surface area contributed by atoms with Gasteiger partial charge in [-0.2, -0.15) is 11.8 Å². The first-order valence-electron chi connectivity index (χ1n) is 11.0. The monoisotopic (exact) mass is 541 g/mol. The highest BCUT2D eigenvalue weighted by atomic mass is 32.2. The zero-order chi connectivity index (χ0) is 28.1. The highest BCUT2D eigenvalue weighted by molar-refractivity contribution is 7.98. The van der Waals surface area contributed by atoms with Gasteiger partial charge in [0.2, 0.25) is 23.6 Å². The maximum atomic E-state index is 13.0. The van der Waals surface area contributed by atoms with Gasteiger partial charge >= 0.3 is 11.9 Å². The lowest BCUT2D eigenvalue weighted by molar-refractivity contribution is -0.147. The van der Waals surface area contributed by atoms with Crippen LogP contribution in [0.5, 0.6) is 5.75 Å². The highest BCUT2D eigenvalue weighted by Crippen LogP contribution is 2.12. The fourth-order valence-electron chi connectivity index (χ4n) is 3.06. The Labute approximate surface area is 216 Å². The van der Waals surface area contributed by atoms with Gasteiger partial charge < -0.3 is 42.7 Å². The summed E-state index contributed by atoms with van der Waals surface area (Å²) in [5, 5.41) is 34.4. The number of phenolic OH excluding ortho intramolecular Hbond substituents is 1. The molecule has 10 N–H and O–H groups in total. The Hall–Kier alpha value is -3.85. The van der Waals surface area contributed by atoms with Crippen LogP contribution in [-0.4, -0.2) is 87.1 Å². The Balaban J connectivity index is 3.15. The number of hydrogen-bond acceptors (Lipinski definition) is 9. The fourth-order valence-corrected chi connectivity index (χ4v) is 3.55. The minimum absolute atomic E-state index is 0.0665. The van der Waals surface area contributed by atoms with Crippen molar-refractivity contribution in [2.75, 3.05) is 12.0 Å². The van der Waals surface area contributed by atoms with Crippen LogP contribution in [0, 0.1) is 0 Å². The van der Waals surface area contributed by atoms with E-state index >= 15 is 0 Å². The fraction of sp³-hybridized carbons (Fsp3) is 0.455. The molecule has 14 nitrogen and oxygen atoms in total.